The Morgan fingerprint density at radius 1 is 0.900 bits per heavy atom. The second kappa shape index (κ2) is 5.44. The molecule has 0 saturated heterocycles. The topological polar surface area (TPSA) is 65.5 Å². The maximum Gasteiger partial charge on any atom is 0.271 e. The molecule has 0 radical (unpaired) electrons. The molecule has 2 aromatic rings. The second-order valence-electron chi connectivity index (χ2n) is 4.40. The highest BCUT2D eigenvalue weighted by atomic mass is 16.2. The molecule has 3 rings (SSSR count). The molecule has 1 amide bonds. The number of benzene rings is 2. The highest BCUT2D eigenvalue weighted by Gasteiger charge is 2.16. The predicted octanol–water partition coefficient (Wildman–Crippen LogP) is 1.90. The Morgan fingerprint density at radius 2 is 1.65 bits per heavy atom. The smallest absolute Gasteiger partial charge is 0.271 e. The summed E-state index contributed by atoms with van der Waals surface area (Å²) in [4.78, 5) is 16.3. The summed E-state index contributed by atoms with van der Waals surface area (Å²) in [6.07, 6.45) is 0. The molecular weight excluding hydrogens is 252 g/mol. The van der Waals surface area contributed by atoms with Crippen LogP contribution in [0.4, 0.5) is 5.69 Å². The maximum atomic E-state index is 11.9. The molecule has 100 valence electrons. The largest absolute Gasteiger partial charge is 0.324 e. The molecule has 5 nitrogen and oxygen atoms in total. The molecule has 0 aliphatic carbocycles. The van der Waals surface area contributed by atoms with Crippen molar-refractivity contribution in [1.82, 2.24) is 10.9 Å². The van der Waals surface area contributed by atoms with Crippen LogP contribution in [0.2, 0.25) is 0 Å². The Hall–Kier alpha value is -2.82. The monoisotopic (exact) mass is 266 g/mol. The predicted molar refractivity (Wildman–Crippen MR) is 78.2 cm³/mol. The molecule has 0 bridgehead atoms. The third-order valence-corrected chi connectivity index (χ3v) is 2.98. The van der Waals surface area contributed by atoms with Gasteiger partial charge >= 0.3 is 0 Å². The number of carbonyl (C=O) groups excluding carboxylic acids is 1. The molecule has 1 heterocycles. The Bertz CT molecular complexity index is 652. The fourth-order valence-electron chi connectivity index (χ4n) is 1.97. The summed E-state index contributed by atoms with van der Waals surface area (Å²) >= 11 is 0. The lowest BCUT2D eigenvalue weighted by Gasteiger charge is -2.08. The third-order valence-electron chi connectivity index (χ3n) is 2.98. The van der Waals surface area contributed by atoms with Gasteiger partial charge in [-0.3, -0.25) is 15.6 Å². The van der Waals surface area contributed by atoms with Gasteiger partial charge in [-0.05, 0) is 17.7 Å². The van der Waals surface area contributed by atoms with Crippen molar-refractivity contribution in [3.63, 3.8) is 0 Å². The summed E-state index contributed by atoms with van der Waals surface area (Å²) in [5, 5.41) is 3.12. The van der Waals surface area contributed by atoms with Crippen molar-refractivity contribution in [3.8, 4) is 0 Å². The minimum atomic E-state index is -0.182. The summed E-state index contributed by atoms with van der Waals surface area (Å²) in [5.74, 6) is 0.338. The normalized spacial score (nSPS) is 15.6. The van der Waals surface area contributed by atoms with Crippen LogP contribution in [0.15, 0.2) is 59.6 Å². The zero-order valence-electron chi connectivity index (χ0n) is 10.8. The van der Waals surface area contributed by atoms with Gasteiger partial charge in [-0.2, -0.15) is 0 Å². The number of aliphatic imine (C=N–C) groups is 1. The number of guanidine groups is 1. The van der Waals surface area contributed by atoms with Crippen LogP contribution >= 0.6 is 0 Å². The molecule has 2 aromatic carbocycles. The quantitative estimate of drug-likeness (QED) is 0.778. The highest BCUT2D eigenvalue weighted by Crippen LogP contribution is 2.16. The first kappa shape index (κ1) is 12.2. The van der Waals surface area contributed by atoms with Crippen LogP contribution in [-0.2, 0) is 6.54 Å². The number of para-hydroxylation sites is 1. The molecule has 0 atom stereocenters. The molecule has 0 fully saturated rings. The van der Waals surface area contributed by atoms with Crippen LogP contribution in [0.5, 0.6) is 0 Å². The lowest BCUT2D eigenvalue weighted by Crippen LogP contribution is -2.42. The molecule has 0 saturated carbocycles. The first-order valence-corrected chi connectivity index (χ1v) is 6.34. The van der Waals surface area contributed by atoms with E-state index in [0.29, 0.717) is 18.1 Å². The van der Waals surface area contributed by atoms with Crippen molar-refractivity contribution < 1.29 is 4.79 Å². The van der Waals surface area contributed by atoms with Gasteiger partial charge < -0.3 is 5.32 Å². The number of rotatable bonds is 2. The van der Waals surface area contributed by atoms with E-state index in [9.17, 15) is 4.79 Å². The zero-order valence-corrected chi connectivity index (χ0v) is 10.8. The Labute approximate surface area is 116 Å². The summed E-state index contributed by atoms with van der Waals surface area (Å²) in [6, 6.07) is 17.2. The van der Waals surface area contributed by atoms with Crippen molar-refractivity contribution in [1.29, 1.82) is 0 Å². The number of hydrogen-bond donors (Lipinski definition) is 3. The fraction of sp³-hybridized carbons (Fsp3) is 0.0667. The number of nitrogens with one attached hydrogen (secondary N) is 3. The van der Waals surface area contributed by atoms with E-state index >= 15 is 0 Å². The number of carbonyl (C=O) groups is 1. The molecule has 1 aliphatic heterocycles. The first-order chi connectivity index (χ1) is 9.83. The average Bonchev–Trinajstić information content (AvgIpc) is 2.66. The minimum Gasteiger partial charge on any atom is -0.324 e. The van der Waals surface area contributed by atoms with Gasteiger partial charge in [-0.15, -0.1) is 0 Å². The fourth-order valence-corrected chi connectivity index (χ4v) is 1.97. The molecule has 5 heteroatoms. The Balaban J connectivity index is 1.81. The maximum absolute atomic E-state index is 11.9. The molecule has 1 aliphatic rings. The second-order valence-corrected chi connectivity index (χ2v) is 4.40. The van der Waals surface area contributed by atoms with E-state index in [4.69, 9.17) is 0 Å². The number of fused-ring (bicyclic) bond motifs is 1. The van der Waals surface area contributed by atoms with Crippen LogP contribution < -0.4 is 16.2 Å². The van der Waals surface area contributed by atoms with Gasteiger partial charge in [0.15, 0.2) is 0 Å². The Kier molecular flexibility index (Phi) is 3.33. The standard InChI is InChI=1S/C15H14N4O/c20-14-12-8-4-5-9-13(12)17-15(19-18-14)16-10-11-6-2-1-3-7-11/h1-9H,10H2,(H,18,20)(H2,16,17,19). The molecule has 0 spiro atoms. The number of amides is 1. The number of nitrogens with zero attached hydrogens (tertiary/aromatic N) is 1. The van der Waals surface area contributed by atoms with Crippen LogP contribution in [-0.4, -0.2) is 11.9 Å². The number of anilines is 1. The first-order valence-electron chi connectivity index (χ1n) is 6.34. The van der Waals surface area contributed by atoms with Crippen LogP contribution in [0, 0.1) is 0 Å². The van der Waals surface area contributed by atoms with Crippen molar-refractivity contribution >= 4 is 17.6 Å². The van der Waals surface area contributed by atoms with Gasteiger partial charge in [0, 0.05) is 0 Å². The van der Waals surface area contributed by atoms with Crippen molar-refractivity contribution in [2.75, 3.05) is 5.32 Å². The summed E-state index contributed by atoms with van der Waals surface area (Å²) in [7, 11) is 0. The van der Waals surface area contributed by atoms with Gasteiger partial charge in [0.25, 0.3) is 5.91 Å². The third kappa shape index (κ3) is 2.61. The van der Waals surface area contributed by atoms with E-state index in [1.165, 1.54) is 0 Å². The van der Waals surface area contributed by atoms with Gasteiger partial charge in [0.2, 0.25) is 5.96 Å². The molecular formula is C15H14N4O. The van der Waals surface area contributed by atoms with E-state index in [1.54, 1.807) is 6.07 Å². The van der Waals surface area contributed by atoms with Crippen LogP contribution in [0.25, 0.3) is 0 Å². The zero-order chi connectivity index (χ0) is 13.8. The van der Waals surface area contributed by atoms with Crippen molar-refractivity contribution in [2.24, 2.45) is 4.99 Å². The summed E-state index contributed by atoms with van der Waals surface area (Å²) < 4.78 is 0. The van der Waals surface area contributed by atoms with Gasteiger partial charge in [-0.1, -0.05) is 42.5 Å². The van der Waals surface area contributed by atoms with Crippen molar-refractivity contribution in [2.45, 2.75) is 6.54 Å². The van der Waals surface area contributed by atoms with E-state index in [0.717, 1.165) is 11.3 Å². The minimum absolute atomic E-state index is 0.182. The van der Waals surface area contributed by atoms with Crippen molar-refractivity contribution in [3.05, 3.63) is 65.7 Å². The number of hydrazine groups is 1. The summed E-state index contributed by atoms with van der Waals surface area (Å²) in [6.45, 7) is 0.536. The van der Waals surface area contributed by atoms with E-state index < -0.39 is 0 Å². The van der Waals surface area contributed by atoms with Crippen LogP contribution in [0.3, 0.4) is 0 Å². The average molecular weight is 266 g/mol. The lowest BCUT2D eigenvalue weighted by molar-refractivity contribution is 0.0946. The van der Waals surface area contributed by atoms with Crippen LogP contribution in [0.1, 0.15) is 15.9 Å². The molecule has 3 N–H and O–H groups in total. The molecule has 0 aromatic heterocycles. The summed E-state index contributed by atoms with van der Waals surface area (Å²) in [5.41, 5.74) is 7.82. The van der Waals surface area contributed by atoms with E-state index in [2.05, 4.69) is 21.2 Å². The SMILES string of the molecule is O=C1NNC(=NCc2ccccc2)Nc2ccccc21. The highest BCUT2D eigenvalue weighted by molar-refractivity contribution is 6.07. The number of hydrogen-bond acceptors (Lipinski definition) is 2. The molecule has 20 heavy (non-hydrogen) atoms. The lowest BCUT2D eigenvalue weighted by atomic mass is 10.2. The van der Waals surface area contributed by atoms with Gasteiger partial charge in [0.1, 0.15) is 0 Å². The van der Waals surface area contributed by atoms with Gasteiger partial charge in [-0.25, -0.2) is 4.99 Å². The molecule has 0 unspecified atom stereocenters. The van der Waals surface area contributed by atoms with E-state index in [1.807, 2.05) is 48.5 Å². The van der Waals surface area contributed by atoms with E-state index in [-0.39, 0.29) is 5.91 Å². The van der Waals surface area contributed by atoms with Gasteiger partial charge in [0.05, 0.1) is 17.8 Å². The Morgan fingerprint density at radius 3 is 2.50 bits per heavy atom.